The lowest BCUT2D eigenvalue weighted by atomic mass is 10.1. The second kappa shape index (κ2) is 8.54. The van der Waals surface area contributed by atoms with Crippen molar-refractivity contribution in [2.24, 2.45) is 0 Å². The topological polar surface area (TPSA) is 103 Å². The number of nitrogens with one attached hydrogen (secondary N) is 3. The van der Waals surface area contributed by atoms with E-state index in [0.29, 0.717) is 23.6 Å². The number of hydrogen-bond donors (Lipinski definition) is 3. The van der Waals surface area contributed by atoms with Crippen molar-refractivity contribution >= 4 is 34.5 Å². The van der Waals surface area contributed by atoms with Crippen LogP contribution in [-0.2, 0) is 0 Å². The molecular formula is C22H26N8. The van der Waals surface area contributed by atoms with Crippen molar-refractivity contribution in [3.63, 3.8) is 0 Å². The van der Waals surface area contributed by atoms with Crippen LogP contribution in [0.3, 0.4) is 0 Å². The third-order valence-electron chi connectivity index (χ3n) is 5.16. The van der Waals surface area contributed by atoms with Gasteiger partial charge in [0.25, 0.3) is 0 Å². The van der Waals surface area contributed by atoms with E-state index in [2.05, 4.69) is 56.6 Å². The predicted octanol–water partition coefficient (Wildman–Crippen LogP) is 3.18. The van der Waals surface area contributed by atoms with E-state index in [9.17, 15) is 0 Å². The number of likely N-dealkylation sites (tertiary alicyclic amines) is 1. The van der Waals surface area contributed by atoms with Crippen LogP contribution in [0.25, 0.3) is 16.6 Å². The molecule has 0 saturated carbocycles. The zero-order valence-corrected chi connectivity index (χ0v) is 17.4. The van der Waals surface area contributed by atoms with Crippen molar-refractivity contribution in [3.8, 4) is 0 Å². The van der Waals surface area contributed by atoms with Gasteiger partial charge in [-0.15, -0.1) is 5.10 Å². The molecule has 0 radical (unpaired) electrons. The van der Waals surface area contributed by atoms with Crippen LogP contribution < -0.4 is 10.6 Å². The van der Waals surface area contributed by atoms with Crippen LogP contribution in [0.1, 0.15) is 30.9 Å². The number of rotatable bonds is 7. The number of likely N-dealkylation sites (N-methyl/N-ethyl adjacent to an activating group) is 1. The number of anilines is 2. The summed E-state index contributed by atoms with van der Waals surface area (Å²) in [6.07, 6.45) is 6.79. The minimum absolute atomic E-state index is 0.373. The molecule has 1 fully saturated rings. The summed E-state index contributed by atoms with van der Waals surface area (Å²) in [6.45, 7) is 6.26. The van der Waals surface area contributed by atoms with Gasteiger partial charge in [-0.3, -0.25) is 4.98 Å². The zero-order chi connectivity index (χ0) is 21.1. The third kappa shape index (κ3) is 4.44. The van der Waals surface area contributed by atoms with Crippen molar-refractivity contribution in [2.45, 2.75) is 25.8 Å². The summed E-state index contributed by atoms with van der Waals surface area (Å²) in [4.78, 5) is 11.4. The lowest BCUT2D eigenvalue weighted by Crippen LogP contribution is -2.54. The van der Waals surface area contributed by atoms with Gasteiger partial charge in [0.05, 0.1) is 23.3 Å². The van der Waals surface area contributed by atoms with Gasteiger partial charge in [0.15, 0.2) is 5.82 Å². The molecule has 3 N–H and O–H groups in total. The van der Waals surface area contributed by atoms with E-state index in [0.717, 1.165) is 40.8 Å². The zero-order valence-electron chi connectivity index (χ0n) is 17.4. The van der Waals surface area contributed by atoms with Gasteiger partial charge in [-0.05, 0) is 42.8 Å². The number of aromatic nitrogens is 4. The van der Waals surface area contributed by atoms with E-state index in [1.165, 1.54) is 6.21 Å². The Morgan fingerprint density at radius 3 is 2.73 bits per heavy atom. The summed E-state index contributed by atoms with van der Waals surface area (Å²) in [5.41, 5.74) is 4.28. The Morgan fingerprint density at radius 1 is 1.17 bits per heavy atom. The maximum atomic E-state index is 7.79. The summed E-state index contributed by atoms with van der Waals surface area (Å²) >= 11 is 0. The number of hydrogen-bond acceptors (Lipinski definition) is 8. The largest absolute Gasteiger partial charge is 0.385 e. The minimum atomic E-state index is 0.373. The van der Waals surface area contributed by atoms with Crippen molar-refractivity contribution in [3.05, 3.63) is 54.0 Å². The van der Waals surface area contributed by atoms with E-state index < -0.39 is 0 Å². The van der Waals surface area contributed by atoms with Crippen LogP contribution in [0, 0.1) is 5.41 Å². The van der Waals surface area contributed by atoms with E-state index in [1.807, 2.05) is 30.5 Å². The molecule has 0 spiro atoms. The van der Waals surface area contributed by atoms with E-state index in [-0.39, 0.29) is 0 Å². The maximum Gasteiger partial charge on any atom is 0.154 e. The highest BCUT2D eigenvalue weighted by Gasteiger charge is 2.21. The Labute approximate surface area is 176 Å². The highest BCUT2D eigenvalue weighted by molar-refractivity contribution is 6.08. The standard InChI is InChI=1S/C22H26N8/c1-14(2)15-7-22(29-26-11-15)28-21-5-4-19-20(27-21)6-16(9-25-19)17(8-23)10-24-18-12-30(3)13-18/h4-11,14,18,23-24H,12-13H2,1-3H3,(H,27,28,29)/b17-10+,23-8?. The van der Waals surface area contributed by atoms with Crippen LogP contribution >= 0.6 is 0 Å². The Morgan fingerprint density at radius 2 is 2.00 bits per heavy atom. The molecule has 8 nitrogen and oxygen atoms in total. The predicted molar refractivity (Wildman–Crippen MR) is 120 cm³/mol. The second-order valence-corrected chi connectivity index (χ2v) is 7.94. The molecule has 1 saturated heterocycles. The first-order valence-electron chi connectivity index (χ1n) is 10.0. The fourth-order valence-corrected chi connectivity index (χ4v) is 3.34. The highest BCUT2D eigenvalue weighted by atomic mass is 15.2. The molecule has 1 aliphatic heterocycles. The van der Waals surface area contributed by atoms with Gasteiger partial charge in [-0.2, -0.15) is 5.10 Å². The van der Waals surface area contributed by atoms with Gasteiger partial charge < -0.3 is 20.9 Å². The van der Waals surface area contributed by atoms with Crippen LogP contribution in [0.5, 0.6) is 0 Å². The molecular weight excluding hydrogens is 376 g/mol. The summed E-state index contributed by atoms with van der Waals surface area (Å²) in [5, 5.41) is 22.6. The summed E-state index contributed by atoms with van der Waals surface area (Å²) in [6, 6.07) is 8.16. The molecule has 8 heteroatoms. The van der Waals surface area contributed by atoms with E-state index in [1.54, 1.807) is 12.4 Å². The summed E-state index contributed by atoms with van der Waals surface area (Å²) in [5.74, 6) is 1.71. The Kier molecular flexibility index (Phi) is 5.67. The maximum absolute atomic E-state index is 7.79. The molecule has 1 aliphatic rings. The smallest absolute Gasteiger partial charge is 0.154 e. The van der Waals surface area contributed by atoms with E-state index >= 15 is 0 Å². The molecule has 154 valence electrons. The molecule has 4 rings (SSSR count). The first-order valence-corrected chi connectivity index (χ1v) is 10.0. The van der Waals surface area contributed by atoms with Crippen LogP contribution in [-0.4, -0.2) is 57.5 Å². The lowest BCUT2D eigenvalue weighted by Gasteiger charge is -2.36. The van der Waals surface area contributed by atoms with Gasteiger partial charge >= 0.3 is 0 Å². The van der Waals surface area contributed by atoms with Crippen molar-refractivity contribution in [1.82, 2.24) is 30.4 Å². The van der Waals surface area contributed by atoms with Crippen LogP contribution in [0.15, 0.2) is 42.9 Å². The summed E-state index contributed by atoms with van der Waals surface area (Å²) < 4.78 is 0. The highest BCUT2D eigenvalue weighted by Crippen LogP contribution is 2.21. The van der Waals surface area contributed by atoms with E-state index in [4.69, 9.17) is 5.41 Å². The second-order valence-electron chi connectivity index (χ2n) is 7.94. The fourth-order valence-electron chi connectivity index (χ4n) is 3.34. The first kappa shape index (κ1) is 19.9. The monoisotopic (exact) mass is 402 g/mol. The first-order chi connectivity index (χ1) is 14.5. The molecule has 0 bridgehead atoms. The van der Waals surface area contributed by atoms with Crippen LogP contribution in [0.2, 0.25) is 0 Å². The SMILES string of the molecule is CC(C)c1cnnc(Nc2ccc3ncc(/C(C=N)=C/NC4CN(C)C4)cc3n2)c1. The van der Waals surface area contributed by atoms with Gasteiger partial charge in [-0.25, -0.2) is 4.98 Å². The Bertz CT molecular complexity index is 1090. The van der Waals surface area contributed by atoms with Crippen molar-refractivity contribution in [1.29, 1.82) is 5.41 Å². The third-order valence-corrected chi connectivity index (χ3v) is 5.16. The average molecular weight is 403 g/mol. The van der Waals surface area contributed by atoms with Crippen molar-refractivity contribution in [2.75, 3.05) is 25.5 Å². The number of nitrogens with zero attached hydrogens (tertiary/aromatic N) is 5. The molecule has 3 aromatic rings. The number of fused-ring (bicyclic) bond motifs is 1. The van der Waals surface area contributed by atoms with Gasteiger partial charge in [0.2, 0.25) is 0 Å². The Balaban J connectivity index is 1.56. The van der Waals surface area contributed by atoms with Gasteiger partial charge in [-0.1, -0.05) is 13.8 Å². The fraction of sp³-hybridized carbons (Fsp3) is 0.318. The molecule has 0 aliphatic carbocycles. The molecule has 0 aromatic carbocycles. The minimum Gasteiger partial charge on any atom is -0.385 e. The molecule has 4 heterocycles. The molecule has 0 amide bonds. The van der Waals surface area contributed by atoms with Crippen LogP contribution in [0.4, 0.5) is 11.6 Å². The quantitative estimate of drug-likeness (QED) is 0.522. The summed E-state index contributed by atoms with van der Waals surface area (Å²) in [7, 11) is 2.09. The molecule has 0 atom stereocenters. The van der Waals surface area contributed by atoms with Gasteiger partial charge in [0.1, 0.15) is 5.82 Å². The molecule has 0 unspecified atom stereocenters. The normalized spacial score (nSPS) is 15.3. The Hall–Kier alpha value is -3.39. The number of allylic oxidation sites excluding steroid dienone is 1. The van der Waals surface area contributed by atoms with Gasteiger partial charge in [0, 0.05) is 42.8 Å². The number of pyridine rings is 2. The van der Waals surface area contributed by atoms with Crippen molar-refractivity contribution < 1.29 is 0 Å². The lowest BCUT2D eigenvalue weighted by molar-refractivity contribution is 0.174. The average Bonchev–Trinajstić information content (AvgIpc) is 2.72. The molecule has 3 aromatic heterocycles. The molecule has 30 heavy (non-hydrogen) atoms.